The Morgan fingerprint density at radius 1 is 1.24 bits per heavy atom. The minimum absolute atomic E-state index is 0.224. The lowest BCUT2D eigenvalue weighted by molar-refractivity contribution is -0.111. The molecule has 1 amide bonds. The maximum Gasteiger partial charge on any atom is 0.248 e. The fourth-order valence-corrected chi connectivity index (χ4v) is 3.05. The second kappa shape index (κ2) is 7.61. The fourth-order valence-electron chi connectivity index (χ4n) is 2.46. The van der Waals surface area contributed by atoms with Gasteiger partial charge in [0.05, 0.1) is 12.8 Å². The smallest absolute Gasteiger partial charge is 0.248 e. The molecule has 0 bridgehead atoms. The SMILES string of the molecule is COc1cc(/C=C/C(=O)Nc2ccc(C)cc2Br)cc2c1OCCO2. The number of carbonyl (C=O) groups excluding carboxylic acids is 1. The highest BCUT2D eigenvalue weighted by Gasteiger charge is 2.17. The first-order valence-electron chi connectivity index (χ1n) is 7.79. The van der Waals surface area contributed by atoms with E-state index in [0.29, 0.717) is 30.5 Å². The lowest BCUT2D eigenvalue weighted by Crippen LogP contribution is -2.16. The molecule has 1 N–H and O–H groups in total. The summed E-state index contributed by atoms with van der Waals surface area (Å²) < 4.78 is 17.3. The van der Waals surface area contributed by atoms with E-state index in [1.807, 2.05) is 31.2 Å². The standard InChI is InChI=1S/C19H18BrNO4/c1-12-3-5-15(14(20)9-12)21-18(22)6-4-13-10-16(23-2)19-17(11-13)24-7-8-25-19/h3-6,9-11H,7-8H2,1-2H3,(H,21,22)/b6-4+. The lowest BCUT2D eigenvalue weighted by Gasteiger charge is -2.20. The van der Waals surface area contributed by atoms with Gasteiger partial charge in [-0.1, -0.05) is 6.07 Å². The van der Waals surface area contributed by atoms with Gasteiger partial charge < -0.3 is 19.5 Å². The van der Waals surface area contributed by atoms with Gasteiger partial charge in [-0.25, -0.2) is 0 Å². The van der Waals surface area contributed by atoms with E-state index in [9.17, 15) is 4.79 Å². The second-order valence-electron chi connectivity index (χ2n) is 5.55. The molecule has 130 valence electrons. The van der Waals surface area contributed by atoms with Crippen LogP contribution in [0.5, 0.6) is 17.2 Å². The summed E-state index contributed by atoms with van der Waals surface area (Å²) in [5.41, 5.74) is 2.63. The van der Waals surface area contributed by atoms with Crippen LogP contribution in [0.4, 0.5) is 5.69 Å². The molecule has 6 heteroatoms. The monoisotopic (exact) mass is 403 g/mol. The van der Waals surface area contributed by atoms with Crippen LogP contribution in [0.1, 0.15) is 11.1 Å². The molecule has 0 atom stereocenters. The number of methoxy groups -OCH3 is 1. The number of carbonyl (C=O) groups is 1. The summed E-state index contributed by atoms with van der Waals surface area (Å²) in [6.45, 7) is 2.98. The van der Waals surface area contributed by atoms with Crippen molar-refractivity contribution in [3.05, 3.63) is 52.0 Å². The number of aryl methyl sites for hydroxylation is 1. The summed E-state index contributed by atoms with van der Waals surface area (Å²) in [6.07, 6.45) is 3.18. The maximum absolute atomic E-state index is 12.2. The van der Waals surface area contributed by atoms with E-state index in [2.05, 4.69) is 21.2 Å². The van der Waals surface area contributed by atoms with E-state index in [1.165, 1.54) is 6.08 Å². The van der Waals surface area contributed by atoms with Crippen LogP contribution in [0.3, 0.4) is 0 Å². The van der Waals surface area contributed by atoms with Gasteiger partial charge in [0.2, 0.25) is 11.7 Å². The van der Waals surface area contributed by atoms with Crippen LogP contribution in [-0.4, -0.2) is 26.2 Å². The van der Waals surface area contributed by atoms with Crippen LogP contribution in [0.15, 0.2) is 40.9 Å². The van der Waals surface area contributed by atoms with E-state index in [-0.39, 0.29) is 5.91 Å². The van der Waals surface area contributed by atoms with Crippen LogP contribution >= 0.6 is 15.9 Å². The molecule has 0 unspecified atom stereocenters. The minimum atomic E-state index is -0.224. The van der Waals surface area contributed by atoms with Gasteiger partial charge in [-0.2, -0.15) is 0 Å². The van der Waals surface area contributed by atoms with Gasteiger partial charge in [0, 0.05) is 10.5 Å². The molecule has 0 radical (unpaired) electrons. The molecule has 0 aliphatic carbocycles. The van der Waals surface area contributed by atoms with Gasteiger partial charge in [0.25, 0.3) is 0 Å². The van der Waals surface area contributed by atoms with E-state index in [1.54, 1.807) is 19.3 Å². The zero-order valence-corrected chi connectivity index (χ0v) is 15.6. The highest BCUT2D eigenvalue weighted by molar-refractivity contribution is 9.10. The topological polar surface area (TPSA) is 56.8 Å². The summed E-state index contributed by atoms with van der Waals surface area (Å²) in [5.74, 6) is 1.57. The number of anilines is 1. The number of rotatable bonds is 4. The van der Waals surface area contributed by atoms with Gasteiger partial charge in [-0.3, -0.25) is 4.79 Å². The molecule has 5 nitrogen and oxygen atoms in total. The lowest BCUT2D eigenvalue weighted by atomic mass is 10.1. The molecular formula is C19H18BrNO4. The van der Waals surface area contributed by atoms with E-state index < -0.39 is 0 Å². The number of halogens is 1. The van der Waals surface area contributed by atoms with Crippen molar-refractivity contribution in [2.24, 2.45) is 0 Å². The Labute approximate surface area is 154 Å². The first kappa shape index (κ1) is 17.4. The molecule has 0 spiro atoms. The van der Waals surface area contributed by atoms with Crippen molar-refractivity contribution in [2.45, 2.75) is 6.92 Å². The summed E-state index contributed by atoms with van der Waals surface area (Å²) in [5, 5.41) is 2.84. The van der Waals surface area contributed by atoms with Crippen molar-refractivity contribution in [1.29, 1.82) is 0 Å². The molecule has 2 aromatic rings. The molecule has 3 rings (SSSR count). The Balaban J connectivity index is 1.76. The Morgan fingerprint density at radius 2 is 2.04 bits per heavy atom. The Kier molecular flexibility index (Phi) is 5.28. The summed E-state index contributed by atoms with van der Waals surface area (Å²) in [4.78, 5) is 12.2. The van der Waals surface area contributed by atoms with Crippen molar-refractivity contribution < 1.29 is 19.0 Å². The first-order chi connectivity index (χ1) is 12.1. The quantitative estimate of drug-likeness (QED) is 0.777. The second-order valence-corrected chi connectivity index (χ2v) is 6.41. The Bertz CT molecular complexity index is 815. The molecule has 0 saturated heterocycles. The zero-order valence-electron chi connectivity index (χ0n) is 14.0. The van der Waals surface area contributed by atoms with Crippen LogP contribution in [0.25, 0.3) is 6.08 Å². The minimum Gasteiger partial charge on any atom is -0.493 e. The highest BCUT2D eigenvalue weighted by atomic mass is 79.9. The van der Waals surface area contributed by atoms with Crippen molar-refractivity contribution >= 4 is 33.6 Å². The average Bonchev–Trinajstić information content (AvgIpc) is 2.61. The van der Waals surface area contributed by atoms with Crippen molar-refractivity contribution in [2.75, 3.05) is 25.6 Å². The molecule has 1 aliphatic heterocycles. The van der Waals surface area contributed by atoms with Crippen LogP contribution in [-0.2, 0) is 4.79 Å². The van der Waals surface area contributed by atoms with Crippen molar-refractivity contribution in [3.8, 4) is 17.2 Å². The molecule has 0 fully saturated rings. The predicted molar refractivity (Wildman–Crippen MR) is 101 cm³/mol. The van der Waals surface area contributed by atoms with E-state index >= 15 is 0 Å². The van der Waals surface area contributed by atoms with Gasteiger partial charge >= 0.3 is 0 Å². The van der Waals surface area contributed by atoms with E-state index in [0.717, 1.165) is 21.3 Å². The van der Waals surface area contributed by atoms with Crippen LogP contribution in [0.2, 0.25) is 0 Å². The third-order valence-corrected chi connectivity index (χ3v) is 4.32. The molecular weight excluding hydrogens is 386 g/mol. The molecule has 0 saturated carbocycles. The van der Waals surface area contributed by atoms with Gasteiger partial charge in [-0.05, 0) is 64.3 Å². The van der Waals surface area contributed by atoms with Crippen LogP contribution < -0.4 is 19.5 Å². The number of fused-ring (bicyclic) bond motifs is 1. The summed E-state index contributed by atoms with van der Waals surface area (Å²) in [7, 11) is 1.57. The largest absolute Gasteiger partial charge is 0.493 e. The molecule has 1 heterocycles. The number of benzene rings is 2. The molecule has 2 aromatic carbocycles. The summed E-state index contributed by atoms with van der Waals surface area (Å²) in [6, 6.07) is 9.38. The number of hydrogen-bond donors (Lipinski definition) is 1. The highest BCUT2D eigenvalue weighted by Crippen LogP contribution is 2.40. The number of hydrogen-bond acceptors (Lipinski definition) is 4. The number of nitrogens with one attached hydrogen (secondary N) is 1. The fraction of sp³-hybridized carbons (Fsp3) is 0.211. The van der Waals surface area contributed by atoms with E-state index in [4.69, 9.17) is 14.2 Å². The zero-order chi connectivity index (χ0) is 17.8. The average molecular weight is 404 g/mol. The Hall–Kier alpha value is -2.47. The first-order valence-corrected chi connectivity index (χ1v) is 8.59. The van der Waals surface area contributed by atoms with Gasteiger partial charge in [0.15, 0.2) is 11.5 Å². The molecule has 0 aromatic heterocycles. The summed E-state index contributed by atoms with van der Waals surface area (Å²) >= 11 is 3.45. The third kappa shape index (κ3) is 4.14. The van der Waals surface area contributed by atoms with Crippen molar-refractivity contribution in [3.63, 3.8) is 0 Å². The van der Waals surface area contributed by atoms with Gasteiger partial charge in [0.1, 0.15) is 13.2 Å². The molecule has 25 heavy (non-hydrogen) atoms. The normalized spacial score (nSPS) is 12.9. The third-order valence-electron chi connectivity index (χ3n) is 3.66. The number of amides is 1. The molecule has 1 aliphatic rings. The van der Waals surface area contributed by atoms with Gasteiger partial charge in [-0.15, -0.1) is 0 Å². The van der Waals surface area contributed by atoms with Crippen molar-refractivity contribution in [1.82, 2.24) is 0 Å². The number of ether oxygens (including phenoxy) is 3. The predicted octanol–water partition coefficient (Wildman–Crippen LogP) is 4.19. The van der Waals surface area contributed by atoms with Crippen LogP contribution in [0, 0.1) is 6.92 Å². The Morgan fingerprint density at radius 3 is 2.80 bits per heavy atom. The maximum atomic E-state index is 12.2.